The SMILES string of the molecule is O=CC1CCc2cc(Nc3ncc(F)c(N4CCC(CO)CC4)n3)ccc2N1. The van der Waals surface area contributed by atoms with E-state index >= 15 is 0 Å². The zero-order valence-electron chi connectivity index (χ0n) is 15.6. The number of aliphatic hydroxyl groups excluding tert-OH is 1. The summed E-state index contributed by atoms with van der Waals surface area (Å²) in [6.45, 7) is 1.51. The molecule has 4 rings (SSSR count). The van der Waals surface area contributed by atoms with Crippen LogP contribution in [0.2, 0.25) is 0 Å². The number of benzene rings is 1. The van der Waals surface area contributed by atoms with E-state index in [4.69, 9.17) is 0 Å². The molecule has 1 unspecified atom stereocenters. The molecule has 1 saturated heterocycles. The van der Waals surface area contributed by atoms with Crippen LogP contribution in [0.4, 0.5) is 27.5 Å². The number of aliphatic hydroxyl groups is 1. The average Bonchev–Trinajstić information content (AvgIpc) is 2.75. The second-order valence-corrected chi connectivity index (χ2v) is 7.40. The number of fused-ring (bicyclic) bond motifs is 1. The molecular weight excluding hydrogens is 361 g/mol. The molecule has 2 aliphatic rings. The van der Waals surface area contributed by atoms with Crippen LogP contribution in [0.3, 0.4) is 0 Å². The third-order valence-corrected chi connectivity index (χ3v) is 5.49. The van der Waals surface area contributed by atoms with Crippen molar-refractivity contribution in [2.75, 3.05) is 35.2 Å². The Labute approximate surface area is 163 Å². The first kappa shape index (κ1) is 18.6. The molecule has 1 atom stereocenters. The van der Waals surface area contributed by atoms with E-state index in [1.165, 1.54) is 6.20 Å². The van der Waals surface area contributed by atoms with Crippen molar-refractivity contribution in [1.82, 2.24) is 9.97 Å². The number of nitrogens with one attached hydrogen (secondary N) is 2. The minimum absolute atomic E-state index is 0.135. The molecule has 2 aliphatic heterocycles. The molecule has 1 fully saturated rings. The summed E-state index contributed by atoms with van der Waals surface area (Å²) >= 11 is 0. The van der Waals surface area contributed by atoms with Crippen LogP contribution in [0.1, 0.15) is 24.8 Å². The van der Waals surface area contributed by atoms with Crippen LogP contribution in [-0.2, 0) is 11.2 Å². The minimum atomic E-state index is -0.442. The summed E-state index contributed by atoms with van der Waals surface area (Å²) in [6, 6.07) is 5.68. The highest BCUT2D eigenvalue weighted by Crippen LogP contribution is 2.29. The van der Waals surface area contributed by atoms with E-state index in [1.54, 1.807) is 0 Å². The number of carbonyl (C=O) groups excluding carboxylic acids is 1. The Morgan fingerprint density at radius 3 is 2.89 bits per heavy atom. The summed E-state index contributed by atoms with van der Waals surface area (Å²) in [5.74, 6) is 0.474. The molecule has 148 valence electrons. The molecule has 1 aromatic heterocycles. The lowest BCUT2D eigenvalue weighted by Crippen LogP contribution is -2.36. The molecule has 0 aliphatic carbocycles. The van der Waals surface area contributed by atoms with Crippen molar-refractivity contribution in [2.24, 2.45) is 5.92 Å². The molecule has 0 radical (unpaired) electrons. The fourth-order valence-electron chi connectivity index (χ4n) is 3.80. The first-order valence-corrected chi connectivity index (χ1v) is 9.66. The van der Waals surface area contributed by atoms with E-state index < -0.39 is 5.82 Å². The van der Waals surface area contributed by atoms with E-state index in [-0.39, 0.29) is 18.6 Å². The van der Waals surface area contributed by atoms with Gasteiger partial charge in [0.25, 0.3) is 0 Å². The molecule has 0 amide bonds. The van der Waals surface area contributed by atoms with Crippen LogP contribution in [0.15, 0.2) is 24.4 Å². The normalized spacial score (nSPS) is 19.6. The topological polar surface area (TPSA) is 90.4 Å². The van der Waals surface area contributed by atoms with Gasteiger partial charge in [-0.25, -0.2) is 9.37 Å². The molecule has 3 N–H and O–H groups in total. The molecule has 3 heterocycles. The predicted molar refractivity (Wildman–Crippen MR) is 106 cm³/mol. The fraction of sp³-hybridized carbons (Fsp3) is 0.450. The van der Waals surface area contributed by atoms with Crippen LogP contribution in [0.25, 0.3) is 0 Å². The van der Waals surface area contributed by atoms with Crippen LogP contribution < -0.4 is 15.5 Å². The van der Waals surface area contributed by atoms with E-state index in [9.17, 15) is 14.3 Å². The van der Waals surface area contributed by atoms with Gasteiger partial charge in [-0.1, -0.05) is 0 Å². The third kappa shape index (κ3) is 3.91. The van der Waals surface area contributed by atoms with Crippen molar-refractivity contribution in [3.63, 3.8) is 0 Å². The van der Waals surface area contributed by atoms with Gasteiger partial charge >= 0.3 is 0 Å². The number of halogens is 1. The summed E-state index contributed by atoms with van der Waals surface area (Å²) in [7, 11) is 0. The number of piperidine rings is 1. The average molecular weight is 385 g/mol. The van der Waals surface area contributed by atoms with Crippen molar-refractivity contribution >= 4 is 29.4 Å². The van der Waals surface area contributed by atoms with Gasteiger partial charge in [-0.2, -0.15) is 4.98 Å². The van der Waals surface area contributed by atoms with Gasteiger partial charge in [-0.15, -0.1) is 0 Å². The quantitative estimate of drug-likeness (QED) is 0.681. The molecule has 0 saturated carbocycles. The zero-order valence-corrected chi connectivity index (χ0v) is 15.6. The zero-order chi connectivity index (χ0) is 19.5. The number of aryl methyl sites for hydroxylation is 1. The molecule has 7 nitrogen and oxygen atoms in total. The maximum absolute atomic E-state index is 14.3. The Morgan fingerprint density at radius 2 is 2.14 bits per heavy atom. The van der Waals surface area contributed by atoms with Gasteiger partial charge in [-0.3, -0.25) is 0 Å². The number of rotatable bonds is 5. The second-order valence-electron chi connectivity index (χ2n) is 7.40. The van der Waals surface area contributed by atoms with Crippen molar-refractivity contribution < 1.29 is 14.3 Å². The molecular formula is C20H24FN5O2. The highest BCUT2D eigenvalue weighted by Gasteiger charge is 2.23. The van der Waals surface area contributed by atoms with Crippen molar-refractivity contribution in [2.45, 2.75) is 31.7 Å². The van der Waals surface area contributed by atoms with Crippen LogP contribution >= 0.6 is 0 Å². The van der Waals surface area contributed by atoms with E-state index in [0.29, 0.717) is 24.9 Å². The Bertz CT molecular complexity index is 854. The number of aromatic nitrogens is 2. The van der Waals surface area contributed by atoms with Crippen molar-refractivity contribution in [3.8, 4) is 0 Å². The smallest absolute Gasteiger partial charge is 0.229 e. The number of anilines is 4. The van der Waals surface area contributed by atoms with E-state index in [1.807, 2.05) is 23.1 Å². The van der Waals surface area contributed by atoms with Gasteiger partial charge in [0, 0.05) is 31.1 Å². The molecule has 0 spiro atoms. The van der Waals surface area contributed by atoms with Gasteiger partial charge in [-0.05, 0) is 55.4 Å². The van der Waals surface area contributed by atoms with Gasteiger partial charge in [0.1, 0.15) is 6.29 Å². The monoisotopic (exact) mass is 385 g/mol. The summed E-state index contributed by atoms with van der Waals surface area (Å²) in [5.41, 5.74) is 2.90. The van der Waals surface area contributed by atoms with Gasteiger partial charge in [0.15, 0.2) is 11.6 Å². The minimum Gasteiger partial charge on any atom is -0.396 e. The second kappa shape index (κ2) is 8.10. The predicted octanol–water partition coefficient (Wildman–Crippen LogP) is 2.49. The summed E-state index contributed by atoms with van der Waals surface area (Å²) in [4.78, 5) is 21.3. The van der Waals surface area contributed by atoms with E-state index in [0.717, 1.165) is 48.9 Å². The lowest BCUT2D eigenvalue weighted by Gasteiger charge is -2.32. The maximum Gasteiger partial charge on any atom is 0.229 e. The number of hydrogen-bond acceptors (Lipinski definition) is 7. The Kier molecular flexibility index (Phi) is 5.38. The lowest BCUT2D eigenvalue weighted by atomic mass is 9.98. The summed E-state index contributed by atoms with van der Waals surface area (Å²) in [6.07, 6.45) is 5.35. The summed E-state index contributed by atoms with van der Waals surface area (Å²) in [5, 5.41) is 15.6. The molecule has 28 heavy (non-hydrogen) atoms. The number of aldehydes is 1. The number of carbonyl (C=O) groups is 1. The fourth-order valence-corrected chi connectivity index (χ4v) is 3.80. The van der Waals surface area contributed by atoms with E-state index in [2.05, 4.69) is 20.6 Å². The van der Waals surface area contributed by atoms with Gasteiger partial charge in [0.05, 0.1) is 12.2 Å². The standard InChI is InChI=1S/C20H24FN5O2/c21-17-10-22-20(25-19(17)26-7-5-13(11-27)6-8-26)24-15-3-4-18-14(9-15)1-2-16(12-28)23-18/h3-4,9-10,12-13,16,23,27H,1-2,5-8,11H2,(H,22,24,25). The third-order valence-electron chi connectivity index (χ3n) is 5.49. The Morgan fingerprint density at radius 1 is 1.32 bits per heavy atom. The highest BCUT2D eigenvalue weighted by atomic mass is 19.1. The molecule has 2 aromatic rings. The van der Waals surface area contributed by atoms with Gasteiger partial charge < -0.3 is 25.4 Å². The number of nitrogens with zero attached hydrogens (tertiary/aromatic N) is 3. The first-order valence-electron chi connectivity index (χ1n) is 9.66. The largest absolute Gasteiger partial charge is 0.396 e. The van der Waals surface area contributed by atoms with Crippen molar-refractivity contribution in [1.29, 1.82) is 0 Å². The summed E-state index contributed by atoms with van der Waals surface area (Å²) < 4.78 is 14.3. The lowest BCUT2D eigenvalue weighted by molar-refractivity contribution is -0.108. The Balaban J connectivity index is 1.49. The molecule has 1 aromatic carbocycles. The number of hydrogen-bond donors (Lipinski definition) is 3. The molecule has 8 heteroatoms. The van der Waals surface area contributed by atoms with Crippen LogP contribution in [0, 0.1) is 11.7 Å². The van der Waals surface area contributed by atoms with Crippen LogP contribution in [0.5, 0.6) is 0 Å². The maximum atomic E-state index is 14.3. The molecule has 0 bridgehead atoms. The van der Waals surface area contributed by atoms with Gasteiger partial charge in [0.2, 0.25) is 5.95 Å². The highest BCUT2D eigenvalue weighted by molar-refractivity contribution is 5.70. The van der Waals surface area contributed by atoms with Crippen molar-refractivity contribution in [3.05, 3.63) is 35.8 Å². The van der Waals surface area contributed by atoms with Crippen LogP contribution in [-0.4, -0.2) is 47.1 Å². The Hall–Kier alpha value is -2.74. The first-order chi connectivity index (χ1) is 13.7.